The molecule has 0 unspecified atom stereocenters. The molecule has 0 aliphatic carbocycles. The van der Waals surface area contributed by atoms with Crippen LogP contribution >= 0.6 is 0 Å². The molecule has 2 aromatic carbocycles. The first-order chi connectivity index (χ1) is 14.4. The Morgan fingerprint density at radius 1 is 0.900 bits per heavy atom. The number of carbonyl (C=O) groups excluding carboxylic acids is 2. The van der Waals surface area contributed by atoms with Crippen molar-refractivity contribution in [3.05, 3.63) is 47.5 Å². The van der Waals surface area contributed by atoms with E-state index in [0.717, 1.165) is 5.56 Å². The minimum Gasteiger partial charge on any atom is -0.493 e. The summed E-state index contributed by atoms with van der Waals surface area (Å²) >= 11 is 0. The average molecular weight is 415 g/mol. The number of ketones is 1. The maximum atomic E-state index is 12.3. The molecule has 0 saturated carbocycles. The lowest BCUT2D eigenvalue weighted by molar-refractivity contribution is -0.116. The number of carbonyl (C=O) groups is 2. The second kappa shape index (κ2) is 11.8. The first-order valence-electron chi connectivity index (χ1n) is 9.78. The zero-order chi connectivity index (χ0) is 21.9. The van der Waals surface area contributed by atoms with Crippen molar-refractivity contribution in [1.82, 2.24) is 0 Å². The topological polar surface area (TPSA) is 83.1 Å². The van der Waals surface area contributed by atoms with Crippen LogP contribution in [0.2, 0.25) is 0 Å². The van der Waals surface area contributed by atoms with Crippen molar-refractivity contribution in [3.63, 3.8) is 0 Å². The van der Waals surface area contributed by atoms with E-state index in [2.05, 4.69) is 5.32 Å². The number of anilines is 1. The van der Waals surface area contributed by atoms with Gasteiger partial charge in [-0.3, -0.25) is 9.59 Å². The van der Waals surface area contributed by atoms with Gasteiger partial charge in [0.15, 0.2) is 17.3 Å². The van der Waals surface area contributed by atoms with Crippen molar-refractivity contribution in [2.75, 3.05) is 39.4 Å². The molecule has 0 radical (unpaired) electrons. The first-order valence-corrected chi connectivity index (χ1v) is 9.78. The third-order valence-corrected chi connectivity index (χ3v) is 4.33. The predicted octanol–water partition coefficient (Wildman–Crippen LogP) is 4.03. The van der Waals surface area contributed by atoms with Crippen LogP contribution in [0.5, 0.6) is 17.2 Å². The highest BCUT2D eigenvalue weighted by molar-refractivity contribution is 5.94. The molecule has 7 nitrogen and oxygen atoms in total. The van der Waals surface area contributed by atoms with Crippen LogP contribution in [0.4, 0.5) is 5.69 Å². The first kappa shape index (κ1) is 23.2. The maximum Gasteiger partial charge on any atom is 0.224 e. The Kier molecular flexibility index (Phi) is 9.15. The fourth-order valence-electron chi connectivity index (χ4n) is 2.72. The molecule has 0 atom stereocenters. The summed E-state index contributed by atoms with van der Waals surface area (Å²) in [6.07, 6.45) is 0.814. The molecule has 1 N–H and O–H groups in total. The van der Waals surface area contributed by atoms with E-state index in [4.69, 9.17) is 18.9 Å². The molecule has 0 spiro atoms. The fraction of sp³-hybridized carbons (Fsp3) is 0.391. The highest BCUT2D eigenvalue weighted by Crippen LogP contribution is 2.29. The van der Waals surface area contributed by atoms with Gasteiger partial charge in [0.1, 0.15) is 12.4 Å². The molecular weight excluding hydrogens is 386 g/mol. The monoisotopic (exact) mass is 415 g/mol. The summed E-state index contributed by atoms with van der Waals surface area (Å²) in [5, 5.41) is 2.88. The number of benzene rings is 2. The number of aryl methyl sites for hydroxylation is 1. The quantitative estimate of drug-likeness (QED) is 0.416. The molecular formula is C23H29NO6. The molecule has 7 heteroatoms. The molecule has 1 amide bonds. The van der Waals surface area contributed by atoms with Gasteiger partial charge in [-0.1, -0.05) is 6.07 Å². The normalized spacial score (nSPS) is 10.4. The number of hydrogen-bond acceptors (Lipinski definition) is 6. The van der Waals surface area contributed by atoms with Gasteiger partial charge >= 0.3 is 0 Å². The van der Waals surface area contributed by atoms with Crippen LogP contribution in [0.3, 0.4) is 0 Å². The standard InChI is InChI=1S/C23H29NO6/c1-16-7-9-19(21(14-16)30-13-12-27-3)24-23(26)6-5-11-29-20-10-8-18(17(2)25)15-22(20)28-4/h7-10,14-15H,5-6,11-13H2,1-4H3,(H,24,26). The molecule has 0 fully saturated rings. The van der Waals surface area contributed by atoms with Crippen molar-refractivity contribution in [2.24, 2.45) is 0 Å². The number of methoxy groups -OCH3 is 2. The molecule has 0 saturated heterocycles. The van der Waals surface area contributed by atoms with Crippen molar-refractivity contribution >= 4 is 17.4 Å². The summed E-state index contributed by atoms with van der Waals surface area (Å²) < 4.78 is 21.7. The lowest BCUT2D eigenvalue weighted by atomic mass is 10.1. The van der Waals surface area contributed by atoms with Gasteiger partial charge in [0.05, 0.1) is 26.0 Å². The molecule has 0 heterocycles. The van der Waals surface area contributed by atoms with Gasteiger partial charge in [0.25, 0.3) is 0 Å². The number of Topliss-reactive ketones (excluding diaryl/α,β-unsaturated/α-hetero) is 1. The fourth-order valence-corrected chi connectivity index (χ4v) is 2.72. The molecule has 2 aromatic rings. The summed E-state index contributed by atoms with van der Waals surface area (Å²) in [6.45, 7) is 4.67. The Balaban J connectivity index is 1.85. The largest absolute Gasteiger partial charge is 0.493 e. The molecule has 162 valence electrons. The Labute approximate surface area is 177 Å². The van der Waals surface area contributed by atoms with E-state index in [1.54, 1.807) is 25.3 Å². The highest BCUT2D eigenvalue weighted by Gasteiger charge is 2.11. The summed E-state index contributed by atoms with van der Waals surface area (Å²) in [5.41, 5.74) is 2.22. The van der Waals surface area contributed by atoms with Crippen molar-refractivity contribution in [1.29, 1.82) is 0 Å². The third-order valence-electron chi connectivity index (χ3n) is 4.33. The van der Waals surface area contributed by atoms with E-state index in [-0.39, 0.29) is 11.7 Å². The van der Waals surface area contributed by atoms with Crippen LogP contribution in [-0.2, 0) is 9.53 Å². The van der Waals surface area contributed by atoms with Gasteiger partial charge < -0.3 is 24.3 Å². The number of amides is 1. The molecule has 0 aromatic heterocycles. The lowest BCUT2D eigenvalue weighted by Gasteiger charge is -2.14. The SMILES string of the molecule is COCCOc1cc(C)ccc1NC(=O)CCCOc1ccc(C(C)=O)cc1OC. The van der Waals surface area contributed by atoms with Crippen LogP contribution in [0.25, 0.3) is 0 Å². The van der Waals surface area contributed by atoms with Crippen LogP contribution < -0.4 is 19.5 Å². The number of nitrogens with one attached hydrogen (secondary N) is 1. The van der Waals surface area contributed by atoms with E-state index in [1.807, 2.05) is 25.1 Å². The predicted molar refractivity (Wildman–Crippen MR) is 115 cm³/mol. The van der Waals surface area contributed by atoms with E-state index in [1.165, 1.54) is 14.0 Å². The smallest absolute Gasteiger partial charge is 0.224 e. The minimum absolute atomic E-state index is 0.0433. The molecule has 30 heavy (non-hydrogen) atoms. The Morgan fingerprint density at radius 2 is 1.67 bits per heavy atom. The lowest BCUT2D eigenvalue weighted by Crippen LogP contribution is -2.14. The van der Waals surface area contributed by atoms with Crippen LogP contribution in [0.1, 0.15) is 35.7 Å². The zero-order valence-corrected chi connectivity index (χ0v) is 17.9. The van der Waals surface area contributed by atoms with E-state index >= 15 is 0 Å². The Bertz CT molecular complexity index is 865. The zero-order valence-electron chi connectivity index (χ0n) is 17.9. The molecule has 2 rings (SSSR count). The van der Waals surface area contributed by atoms with Crippen LogP contribution in [0, 0.1) is 6.92 Å². The minimum atomic E-state index is -0.127. The second-order valence-corrected chi connectivity index (χ2v) is 6.76. The summed E-state index contributed by atoms with van der Waals surface area (Å²) in [5.74, 6) is 1.48. The molecule has 0 bridgehead atoms. The summed E-state index contributed by atoms with van der Waals surface area (Å²) in [6, 6.07) is 10.7. The summed E-state index contributed by atoms with van der Waals surface area (Å²) in [7, 11) is 3.13. The highest BCUT2D eigenvalue weighted by atomic mass is 16.5. The van der Waals surface area contributed by atoms with Gasteiger partial charge in [0.2, 0.25) is 5.91 Å². The van der Waals surface area contributed by atoms with Gasteiger partial charge in [-0.2, -0.15) is 0 Å². The second-order valence-electron chi connectivity index (χ2n) is 6.76. The number of rotatable bonds is 12. The molecule has 0 aliphatic heterocycles. The van der Waals surface area contributed by atoms with Gasteiger partial charge in [0, 0.05) is 19.1 Å². The molecule has 0 aliphatic rings. The van der Waals surface area contributed by atoms with E-state index in [0.29, 0.717) is 61.2 Å². The maximum absolute atomic E-state index is 12.3. The van der Waals surface area contributed by atoms with Gasteiger partial charge in [-0.25, -0.2) is 0 Å². The Morgan fingerprint density at radius 3 is 2.37 bits per heavy atom. The number of hydrogen-bond donors (Lipinski definition) is 1. The Hall–Kier alpha value is -3.06. The van der Waals surface area contributed by atoms with E-state index in [9.17, 15) is 9.59 Å². The van der Waals surface area contributed by atoms with E-state index < -0.39 is 0 Å². The van der Waals surface area contributed by atoms with Crippen LogP contribution in [-0.4, -0.2) is 45.7 Å². The summed E-state index contributed by atoms with van der Waals surface area (Å²) in [4.78, 5) is 23.8. The van der Waals surface area contributed by atoms with Crippen molar-refractivity contribution in [3.8, 4) is 17.2 Å². The average Bonchev–Trinajstić information content (AvgIpc) is 2.73. The third kappa shape index (κ3) is 7.08. The number of ether oxygens (including phenoxy) is 4. The van der Waals surface area contributed by atoms with Gasteiger partial charge in [-0.15, -0.1) is 0 Å². The van der Waals surface area contributed by atoms with Crippen molar-refractivity contribution < 1.29 is 28.5 Å². The van der Waals surface area contributed by atoms with Crippen LogP contribution in [0.15, 0.2) is 36.4 Å². The van der Waals surface area contributed by atoms with Crippen molar-refractivity contribution in [2.45, 2.75) is 26.7 Å². The van der Waals surface area contributed by atoms with Gasteiger partial charge in [-0.05, 0) is 56.2 Å².